The van der Waals surface area contributed by atoms with Crippen LogP contribution in [0.15, 0.2) is 29.3 Å². The first-order valence-electron chi connectivity index (χ1n) is 8.13. The van der Waals surface area contributed by atoms with Gasteiger partial charge < -0.3 is 10.5 Å². The Morgan fingerprint density at radius 1 is 1.16 bits per heavy atom. The Labute approximate surface area is 156 Å². The van der Waals surface area contributed by atoms with E-state index in [2.05, 4.69) is 17.1 Å². The summed E-state index contributed by atoms with van der Waals surface area (Å²) in [6.07, 6.45) is 0. The van der Waals surface area contributed by atoms with Gasteiger partial charge in [0.15, 0.2) is 4.20 Å². The van der Waals surface area contributed by atoms with Gasteiger partial charge in [-0.25, -0.2) is 4.99 Å². The lowest BCUT2D eigenvalue weighted by atomic mass is 9.97. The number of nitriles is 2. The van der Waals surface area contributed by atoms with Crippen LogP contribution in [0.1, 0.15) is 25.3 Å². The standard InChI is InChI=1S/C18H20N4OS2/c1-4-24-18(25-5-2)17(11-20)14(16(17,10-19)15(21)22-18)12-6-8-13(23-3)9-7-12/h6-9,14H,4-5H2,1-3H3,(H2,21,22)/t14-,16-,17-/m0/s1. The zero-order valence-electron chi connectivity index (χ0n) is 14.4. The number of methoxy groups -OCH3 is 1. The highest BCUT2D eigenvalue weighted by molar-refractivity contribution is 8.18. The summed E-state index contributed by atoms with van der Waals surface area (Å²) in [5.74, 6) is 2.34. The maximum atomic E-state index is 10.2. The molecule has 1 saturated carbocycles. The molecule has 0 radical (unpaired) electrons. The van der Waals surface area contributed by atoms with Gasteiger partial charge in [-0.1, -0.05) is 26.0 Å². The van der Waals surface area contributed by atoms with Crippen molar-refractivity contribution in [2.24, 2.45) is 21.6 Å². The molecular weight excluding hydrogens is 352 g/mol. The van der Waals surface area contributed by atoms with Crippen LogP contribution in [0.2, 0.25) is 0 Å². The van der Waals surface area contributed by atoms with Crippen LogP contribution in [0, 0.1) is 33.5 Å². The van der Waals surface area contributed by atoms with E-state index in [0.717, 1.165) is 22.8 Å². The third-order valence-corrected chi connectivity index (χ3v) is 7.95. The first-order chi connectivity index (χ1) is 12.0. The average Bonchev–Trinajstić information content (AvgIpc) is 3.21. The lowest BCUT2D eigenvalue weighted by Gasteiger charge is -2.31. The minimum atomic E-state index is -1.05. The molecule has 0 spiro atoms. The van der Waals surface area contributed by atoms with Crippen LogP contribution < -0.4 is 10.5 Å². The van der Waals surface area contributed by atoms with Gasteiger partial charge in [-0.2, -0.15) is 10.5 Å². The van der Waals surface area contributed by atoms with Crippen LogP contribution in [-0.4, -0.2) is 28.7 Å². The average molecular weight is 373 g/mol. The van der Waals surface area contributed by atoms with E-state index >= 15 is 0 Å². The number of nitrogens with zero attached hydrogens (tertiary/aromatic N) is 3. The number of thioether (sulfide) groups is 2. The number of hydrogen-bond donors (Lipinski definition) is 1. The van der Waals surface area contributed by atoms with E-state index in [1.165, 1.54) is 0 Å². The molecule has 0 unspecified atom stereocenters. The summed E-state index contributed by atoms with van der Waals surface area (Å²) in [6, 6.07) is 12.4. The topological polar surface area (TPSA) is 95.2 Å². The fourth-order valence-corrected chi connectivity index (χ4v) is 7.30. The second-order valence-corrected chi connectivity index (χ2v) is 9.16. The first-order valence-corrected chi connectivity index (χ1v) is 10.1. The number of hydrogen-bond acceptors (Lipinski definition) is 7. The van der Waals surface area contributed by atoms with Crippen LogP contribution in [0.5, 0.6) is 5.75 Å². The van der Waals surface area contributed by atoms with Crippen LogP contribution in [0.25, 0.3) is 0 Å². The largest absolute Gasteiger partial charge is 0.497 e. The number of benzene rings is 1. The van der Waals surface area contributed by atoms with Crippen molar-refractivity contribution in [1.82, 2.24) is 0 Å². The fourth-order valence-electron chi connectivity index (χ4n) is 4.05. The zero-order valence-corrected chi connectivity index (χ0v) is 16.1. The second kappa shape index (κ2) is 6.16. The fraction of sp³-hybridized carbons (Fsp3) is 0.500. The van der Waals surface area contributed by atoms with Crippen molar-refractivity contribution in [2.45, 2.75) is 24.0 Å². The molecule has 3 atom stereocenters. The maximum Gasteiger partial charge on any atom is 0.175 e. The smallest absolute Gasteiger partial charge is 0.175 e. The molecule has 5 nitrogen and oxygen atoms in total. The minimum absolute atomic E-state index is 0.281. The lowest BCUT2D eigenvalue weighted by molar-refractivity contribution is 0.414. The van der Waals surface area contributed by atoms with Crippen molar-refractivity contribution >= 4 is 29.4 Å². The molecule has 1 aliphatic heterocycles. The Morgan fingerprint density at radius 3 is 2.20 bits per heavy atom. The van der Waals surface area contributed by atoms with Gasteiger partial charge in [-0.15, -0.1) is 23.5 Å². The predicted molar refractivity (Wildman–Crippen MR) is 102 cm³/mol. The molecule has 25 heavy (non-hydrogen) atoms. The summed E-state index contributed by atoms with van der Waals surface area (Å²) in [4.78, 5) is 4.68. The zero-order chi connectivity index (χ0) is 18.3. The highest BCUT2D eigenvalue weighted by Gasteiger charge is 2.91. The summed E-state index contributed by atoms with van der Waals surface area (Å²) in [7, 11) is 1.61. The van der Waals surface area contributed by atoms with Gasteiger partial charge in [0.2, 0.25) is 0 Å². The summed E-state index contributed by atoms with van der Waals surface area (Å²) in [5.41, 5.74) is 5.20. The first kappa shape index (κ1) is 18.0. The Bertz CT molecular complexity index is 789. The Morgan fingerprint density at radius 2 is 1.76 bits per heavy atom. The Balaban J connectivity index is 2.17. The van der Waals surface area contributed by atoms with Gasteiger partial charge in [-0.05, 0) is 29.2 Å². The predicted octanol–water partition coefficient (Wildman–Crippen LogP) is 3.34. The van der Waals surface area contributed by atoms with Crippen molar-refractivity contribution in [3.8, 4) is 17.9 Å². The van der Waals surface area contributed by atoms with Crippen molar-refractivity contribution in [2.75, 3.05) is 18.6 Å². The molecule has 0 aromatic heterocycles. The summed E-state index contributed by atoms with van der Waals surface area (Å²) in [5, 5.41) is 20.3. The highest BCUT2D eigenvalue weighted by Crippen LogP contribution is 2.85. The minimum Gasteiger partial charge on any atom is -0.497 e. The number of aliphatic imine (C=N–C) groups is 1. The monoisotopic (exact) mass is 372 g/mol. The molecule has 2 N–H and O–H groups in total. The molecule has 0 amide bonds. The lowest BCUT2D eigenvalue weighted by Crippen LogP contribution is -2.31. The van der Waals surface area contributed by atoms with Crippen molar-refractivity contribution < 1.29 is 4.74 Å². The van der Waals surface area contributed by atoms with Gasteiger partial charge in [0.25, 0.3) is 0 Å². The third kappa shape index (κ3) is 2.00. The number of rotatable bonds is 6. The van der Waals surface area contributed by atoms with E-state index < -0.39 is 15.0 Å². The molecule has 3 rings (SSSR count). The number of nitrogens with two attached hydrogens (primary N) is 1. The van der Waals surface area contributed by atoms with Crippen LogP contribution in [0.4, 0.5) is 0 Å². The van der Waals surface area contributed by atoms with Gasteiger partial charge >= 0.3 is 0 Å². The molecule has 1 aromatic carbocycles. The molecule has 1 heterocycles. The van der Waals surface area contributed by atoms with Gasteiger partial charge in [-0.3, -0.25) is 0 Å². The van der Waals surface area contributed by atoms with Crippen LogP contribution in [-0.2, 0) is 0 Å². The van der Waals surface area contributed by atoms with E-state index in [0.29, 0.717) is 5.84 Å². The quantitative estimate of drug-likeness (QED) is 0.770. The Kier molecular flexibility index (Phi) is 4.43. The molecule has 2 aliphatic rings. The molecule has 130 valence electrons. The van der Waals surface area contributed by atoms with E-state index in [1.807, 2.05) is 38.1 Å². The summed E-state index contributed by atoms with van der Waals surface area (Å²) >= 11 is 3.21. The van der Waals surface area contributed by atoms with Gasteiger partial charge in [0.1, 0.15) is 22.4 Å². The van der Waals surface area contributed by atoms with Crippen molar-refractivity contribution in [1.29, 1.82) is 10.5 Å². The number of amidine groups is 1. The molecular formula is C18H20N4OS2. The van der Waals surface area contributed by atoms with Crippen LogP contribution in [0.3, 0.4) is 0 Å². The number of ether oxygens (including phenoxy) is 1. The normalized spacial score (nSPS) is 31.4. The van der Waals surface area contributed by atoms with Crippen molar-refractivity contribution in [3.05, 3.63) is 29.8 Å². The van der Waals surface area contributed by atoms with Crippen molar-refractivity contribution in [3.63, 3.8) is 0 Å². The molecule has 1 fully saturated rings. The third-order valence-electron chi connectivity index (χ3n) is 5.06. The van der Waals surface area contributed by atoms with Gasteiger partial charge in [0, 0.05) is 5.92 Å². The van der Waals surface area contributed by atoms with Crippen LogP contribution >= 0.6 is 23.5 Å². The summed E-state index contributed by atoms with van der Waals surface area (Å²) < 4.78 is 4.48. The summed E-state index contributed by atoms with van der Waals surface area (Å²) in [6.45, 7) is 4.08. The second-order valence-electron chi connectivity index (χ2n) is 5.99. The molecule has 1 aromatic rings. The Hall–Kier alpha value is -1.83. The van der Waals surface area contributed by atoms with E-state index in [-0.39, 0.29) is 5.92 Å². The van der Waals surface area contributed by atoms with E-state index in [9.17, 15) is 10.5 Å². The highest BCUT2D eigenvalue weighted by atomic mass is 32.2. The molecule has 0 saturated heterocycles. The maximum absolute atomic E-state index is 10.2. The molecule has 7 heteroatoms. The molecule has 0 bridgehead atoms. The molecule has 1 aliphatic carbocycles. The number of fused-ring (bicyclic) bond motifs is 1. The SMILES string of the molecule is CCSC1(SCC)N=C(N)[C@]2(C#N)[C@H](c3ccc(OC)cc3)[C@]12C#N. The van der Waals surface area contributed by atoms with E-state index in [1.54, 1.807) is 30.6 Å². The van der Waals surface area contributed by atoms with Gasteiger partial charge in [0.05, 0.1) is 19.2 Å². The van der Waals surface area contributed by atoms with E-state index in [4.69, 9.17) is 10.5 Å².